The minimum Gasteiger partial charge on any atom is -0.382 e. The topological polar surface area (TPSA) is 66.0 Å². The van der Waals surface area contributed by atoms with Crippen LogP contribution < -0.4 is 5.32 Å². The molecule has 2 saturated heterocycles. The van der Waals surface area contributed by atoms with E-state index in [0.717, 1.165) is 0 Å². The average Bonchev–Trinajstić information content (AvgIpc) is 2.97. The highest BCUT2D eigenvalue weighted by molar-refractivity contribution is 5.76. The molecule has 7 atom stereocenters. The summed E-state index contributed by atoms with van der Waals surface area (Å²) < 4.78 is 36.9. The normalized spacial score (nSPS) is 44.4. The second-order valence-electron chi connectivity index (χ2n) is 5.61. The van der Waals surface area contributed by atoms with Crippen LogP contribution in [0.15, 0.2) is 0 Å². The van der Waals surface area contributed by atoms with Gasteiger partial charge in [0, 0.05) is 33.1 Å². The molecule has 0 bridgehead atoms. The van der Waals surface area contributed by atoms with Crippen molar-refractivity contribution in [1.82, 2.24) is 5.32 Å². The molecule has 2 aliphatic rings. The van der Waals surface area contributed by atoms with Gasteiger partial charge in [0.2, 0.25) is 5.91 Å². The smallest absolute Gasteiger partial charge is 0.220 e. The van der Waals surface area contributed by atoms with Gasteiger partial charge in [-0.2, -0.15) is 0 Å². The van der Waals surface area contributed by atoms with E-state index in [9.17, 15) is 4.79 Å². The molecule has 0 aliphatic carbocycles. The van der Waals surface area contributed by atoms with Crippen LogP contribution in [0.4, 0.5) is 0 Å². The van der Waals surface area contributed by atoms with E-state index < -0.39 is 13.2 Å². The minimum atomic E-state index is -0.624. The quantitative estimate of drug-likeness (QED) is 0.751. The maximum Gasteiger partial charge on any atom is 0.220 e. The van der Waals surface area contributed by atoms with Crippen molar-refractivity contribution in [2.75, 3.05) is 34.0 Å². The lowest BCUT2D eigenvalue weighted by atomic mass is 10.0. The first-order valence-corrected chi connectivity index (χ1v) is 7.42. The van der Waals surface area contributed by atoms with Crippen molar-refractivity contribution in [1.29, 1.82) is 0 Å². The van der Waals surface area contributed by atoms with Crippen molar-refractivity contribution in [3.8, 4) is 0 Å². The highest BCUT2D eigenvalue weighted by atomic mass is 16.6. The SMILES string of the molecule is [3H][C@@H]1O[C@H](CCC(=O)N[C@@H]2C[C@H]([3H])O[C@@H]2COC)[C@H](OC)C1C. The lowest BCUT2D eigenvalue weighted by Crippen LogP contribution is -2.42. The van der Waals surface area contributed by atoms with Crippen LogP contribution in [0.25, 0.3) is 0 Å². The summed E-state index contributed by atoms with van der Waals surface area (Å²) in [5, 5.41) is 2.92. The highest BCUT2D eigenvalue weighted by Crippen LogP contribution is 2.25. The van der Waals surface area contributed by atoms with Gasteiger partial charge in [-0.25, -0.2) is 0 Å². The molecule has 1 N–H and O–H groups in total. The first-order chi connectivity index (χ1) is 11.0. The van der Waals surface area contributed by atoms with Gasteiger partial charge in [0.25, 0.3) is 0 Å². The van der Waals surface area contributed by atoms with E-state index in [4.69, 9.17) is 21.7 Å². The number of rotatable bonds is 7. The number of amides is 1. The third kappa shape index (κ3) is 4.39. The number of nitrogens with one attached hydrogen (secondary N) is 1. The number of carbonyl (C=O) groups excluding carboxylic acids is 1. The van der Waals surface area contributed by atoms with E-state index in [2.05, 4.69) is 5.32 Å². The van der Waals surface area contributed by atoms with Crippen LogP contribution in [0, 0.1) is 5.92 Å². The zero-order valence-electron chi connectivity index (χ0n) is 14.9. The predicted molar refractivity (Wildman–Crippen MR) is 77.1 cm³/mol. The van der Waals surface area contributed by atoms with E-state index in [1.165, 1.54) is 0 Å². The molecule has 21 heavy (non-hydrogen) atoms. The Labute approximate surface area is 129 Å². The minimum absolute atomic E-state index is 0.00792. The molecular formula is C15H27NO5. The Bertz CT molecular complexity index is 400. The Balaban J connectivity index is 1.79. The number of hydrogen-bond donors (Lipinski definition) is 1. The van der Waals surface area contributed by atoms with Crippen molar-refractivity contribution in [3.63, 3.8) is 0 Å². The number of carbonyl (C=O) groups is 1. The zero-order valence-corrected chi connectivity index (χ0v) is 12.9. The van der Waals surface area contributed by atoms with Crippen molar-refractivity contribution in [2.45, 2.75) is 50.5 Å². The van der Waals surface area contributed by atoms with E-state index in [-0.39, 0.29) is 36.2 Å². The Hall–Kier alpha value is -0.690. The number of ether oxygens (including phenoxy) is 4. The molecule has 0 aromatic rings. The standard InChI is InChI=1S/C15H27NO5/c1-10-8-21-12(15(10)19-3)4-5-14(17)16-11-6-7-20-13(11)9-18-2/h10-13,15H,4-9H2,1-3H3,(H,16,17)/t10?,11-,12-,13-,15-/m1/s1/i7T,8T/t7-,8-,10?,11+,12+,13+,15+/m0. The van der Waals surface area contributed by atoms with E-state index in [1.807, 2.05) is 6.92 Å². The summed E-state index contributed by atoms with van der Waals surface area (Å²) in [7, 11) is 3.18. The fraction of sp³-hybridized carbons (Fsp3) is 0.933. The van der Waals surface area contributed by atoms with Crippen LogP contribution in [0.3, 0.4) is 0 Å². The Morgan fingerprint density at radius 3 is 2.90 bits per heavy atom. The van der Waals surface area contributed by atoms with Gasteiger partial charge in [-0.1, -0.05) is 6.92 Å². The fourth-order valence-electron chi connectivity index (χ4n) is 2.87. The first kappa shape index (κ1) is 13.9. The van der Waals surface area contributed by atoms with Gasteiger partial charge in [-0.05, 0) is 12.8 Å². The third-order valence-corrected chi connectivity index (χ3v) is 4.03. The molecule has 2 fully saturated rings. The van der Waals surface area contributed by atoms with E-state index in [1.54, 1.807) is 14.2 Å². The van der Waals surface area contributed by atoms with Gasteiger partial charge >= 0.3 is 0 Å². The van der Waals surface area contributed by atoms with Gasteiger partial charge < -0.3 is 24.3 Å². The van der Waals surface area contributed by atoms with E-state index >= 15 is 0 Å². The van der Waals surface area contributed by atoms with E-state index in [0.29, 0.717) is 25.9 Å². The molecule has 0 spiro atoms. The van der Waals surface area contributed by atoms with Crippen molar-refractivity contribution >= 4 is 5.91 Å². The molecule has 6 nitrogen and oxygen atoms in total. The molecule has 0 radical (unpaired) electrons. The molecule has 0 aromatic heterocycles. The second kappa shape index (κ2) is 8.08. The van der Waals surface area contributed by atoms with Crippen molar-refractivity contribution in [2.24, 2.45) is 5.92 Å². The highest BCUT2D eigenvalue weighted by Gasteiger charge is 2.35. The molecule has 0 aromatic carbocycles. The van der Waals surface area contributed by atoms with Crippen molar-refractivity contribution in [3.05, 3.63) is 0 Å². The van der Waals surface area contributed by atoms with Gasteiger partial charge in [0.05, 0.1) is 34.2 Å². The fourth-order valence-corrected chi connectivity index (χ4v) is 2.87. The molecule has 2 rings (SSSR count). The van der Waals surface area contributed by atoms with Gasteiger partial charge in [0.1, 0.15) is 6.10 Å². The lowest BCUT2D eigenvalue weighted by Gasteiger charge is -2.21. The summed E-state index contributed by atoms with van der Waals surface area (Å²) in [5.41, 5.74) is 0. The number of hydrogen-bond acceptors (Lipinski definition) is 5. The second-order valence-corrected chi connectivity index (χ2v) is 5.61. The zero-order chi connectivity index (χ0) is 17.0. The van der Waals surface area contributed by atoms with Crippen LogP contribution in [0.1, 0.15) is 28.9 Å². The van der Waals surface area contributed by atoms with Gasteiger partial charge in [-0.15, -0.1) is 0 Å². The Kier molecular flexibility index (Phi) is 5.36. The van der Waals surface area contributed by atoms with Crippen molar-refractivity contribution < 1.29 is 26.5 Å². The molecular weight excluding hydrogens is 274 g/mol. The number of methoxy groups -OCH3 is 2. The van der Waals surface area contributed by atoms with Crippen LogP contribution in [0.5, 0.6) is 0 Å². The molecule has 6 heteroatoms. The first-order valence-electron chi connectivity index (χ1n) is 8.58. The summed E-state index contributed by atoms with van der Waals surface area (Å²) in [6.07, 6.45) is 0.602. The van der Waals surface area contributed by atoms with Crippen LogP contribution in [0.2, 0.25) is 0 Å². The molecule has 0 saturated carbocycles. The lowest BCUT2D eigenvalue weighted by molar-refractivity contribution is -0.123. The molecule has 2 aliphatic heterocycles. The maximum absolute atomic E-state index is 12.2. The summed E-state index contributed by atoms with van der Waals surface area (Å²) >= 11 is 0. The summed E-state index contributed by atoms with van der Waals surface area (Å²) in [6.45, 7) is 1.05. The van der Waals surface area contributed by atoms with Gasteiger partial charge in [-0.3, -0.25) is 4.79 Å². The Morgan fingerprint density at radius 2 is 2.19 bits per heavy atom. The predicted octanol–water partition coefficient (Wildman–Crippen LogP) is 0.737. The van der Waals surface area contributed by atoms with Crippen LogP contribution in [-0.2, 0) is 23.7 Å². The monoisotopic (exact) mass is 305 g/mol. The summed E-state index contributed by atoms with van der Waals surface area (Å²) in [6, 6.07) is -0.199. The maximum atomic E-state index is 12.2. The third-order valence-electron chi connectivity index (χ3n) is 4.03. The molecule has 122 valence electrons. The summed E-state index contributed by atoms with van der Waals surface area (Å²) in [5.74, 6) is -0.111. The average molecular weight is 305 g/mol. The molecule has 2 heterocycles. The van der Waals surface area contributed by atoms with Crippen LogP contribution >= 0.6 is 0 Å². The van der Waals surface area contributed by atoms with Crippen LogP contribution in [-0.4, -0.2) is 64.3 Å². The van der Waals surface area contributed by atoms with Gasteiger partial charge in [0.15, 0.2) is 0 Å². The Morgan fingerprint density at radius 1 is 1.38 bits per heavy atom. The summed E-state index contributed by atoms with van der Waals surface area (Å²) in [4.78, 5) is 12.2. The molecule has 1 amide bonds. The molecule has 1 unspecified atom stereocenters. The largest absolute Gasteiger partial charge is 0.382 e.